The van der Waals surface area contributed by atoms with Crippen LogP contribution in [-0.4, -0.2) is 22.5 Å². The Morgan fingerprint density at radius 1 is 1.27 bits per heavy atom. The van der Waals surface area contributed by atoms with E-state index >= 15 is 0 Å². The number of rotatable bonds is 3. The molecule has 1 saturated heterocycles. The highest BCUT2D eigenvalue weighted by molar-refractivity contribution is 5.79. The number of nitrogens with zero attached hydrogens (tertiary/aromatic N) is 2. The lowest BCUT2D eigenvalue weighted by Crippen LogP contribution is -2.35. The molecular weight excluding hydrogens is 326 g/mol. The Labute approximate surface area is 152 Å². The molecule has 0 bridgehead atoms. The van der Waals surface area contributed by atoms with E-state index in [1.807, 2.05) is 29.2 Å². The molecule has 4 rings (SSSR count). The molecule has 1 fully saturated rings. The first-order chi connectivity index (χ1) is 12.7. The molecule has 2 heterocycles. The number of hydrogen-bond donors (Lipinski definition) is 2. The van der Waals surface area contributed by atoms with Crippen LogP contribution in [0.3, 0.4) is 0 Å². The molecule has 1 amide bonds. The third-order valence-electron chi connectivity index (χ3n) is 5.31. The molecule has 0 aliphatic carbocycles. The minimum Gasteiger partial charge on any atom is -0.508 e. The van der Waals surface area contributed by atoms with Gasteiger partial charge in [0.05, 0.1) is 24.6 Å². The maximum atomic E-state index is 12.4. The molecule has 5 heteroatoms. The number of phenolic OH excluding ortho intramolecular Hbond substituents is 1. The largest absolute Gasteiger partial charge is 0.508 e. The predicted molar refractivity (Wildman–Crippen MR) is 98.5 cm³/mol. The Bertz CT molecular complexity index is 887. The average molecular weight is 347 g/mol. The molecule has 2 N–H and O–H groups in total. The number of amides is 1. The zero-order chi connectivity index (χ0) is 18.1. The standard InChI is InChI=1S/C21H21N3O2/c22-9-8-14-6-7-18-17(11-14)20(24-10-2-5-21(24)26)13-19(23-18)15-3-1-4-16(25)12-15/h1,3-4,6-7,11-12,19-20,23,25H,2,5,8,10,13H2. The summed E-state index contributed by atoms with van der Waals surface area (Å²) in [6.45, 7) is 0.776. The maximum absolute atomic E-state index is 12.4. The van der Waals surface area contributed by atoms with E-state index < -0.39 is 0 Å². The van der Waals surface area contributed by atoms with E-state index in [0.29, 0.717) is 12.8 Å². The van der Waals surface area contributed by atoms with Crippen LogP contribution in [0.15, 0.2) is 42.5 Å². The zero-order valence-electron chi connectivity index (χ0n) is 14.5. The molecule has 0 radical (unpaired) electrons. The highest BCUT2D eigenvalue weighted by Gasteiger charge is 2.35. The summed E-state index contributed by atoms with van der Waals surface area (Å²) in [6.07, 6.45) is 2.61. The highest BCUT2D eigenvalue weighted by Crippen LogP contribution is 2.44. The normalized spacial score (nSPS) is 21.8. The van der Waals surface area contributed by atoms with E-state index in [1.165, 1.54) is 0 Å². The molecule has 2 atom stereocenters. The summed E-state index contributed by atoms with van der Waals surface area (Å²) in [7, 11) is 0. The number of aromatic hydroxyl groups is 1. The van der Waals surface area contributed by atoms with Crippen molar-refractivity contribution in [2.45, 2.75) is 37.8 Å². The Morgan fingerprint density at radius 3 is 2.88 bits per heavy atom. The quantitative estimate of drug-likeness (QED) is 0.888. The van der Waals surface area contributed by atoms with Crippen LogP contribution in [0.1, 0.15) is 48.0 Å². The summed E-state index contributed by atoms with van der Waals surface area (Å²) < 4.78 is 0. The van der Waals surface area contributed by atoms with Gasteiger partial charge in [-0.3, -0.25) is 4.79 Å². The molecule has 2 aliphatic heterocycles. The first kappa shape index (κ1) is 16.5. The summed E-state index contributed by atoms with van der Waals surface area (Å²) in [5, 5.41) is 22.4. The van der Waals surface area contributed by atoms with Crippen molar-refractivity contribution >= 4 is 11.6 Å². The predicted octanol–water partition coefficient (Wildman–Crippen LogP) is 3.68. The fourth-order valence-electron chi connectivity index (χ4n) is 4.07. The van der Waals surface area contributed by atoms with Gasteiger partial charge >= 0.3 is 0 Å². The molecule has 2 aromatic rings. The maximum Gasteiger partial charge on any atom is 0.223 e. The molecule has 0 spiro atoms. The van der Waals surface area contributed by atoms with Crippen molar-refractivity contribution in [3.8, 4) is 11.8 Å². The summed E-state index contributed by atoms with van der Waals surface area (Å²) in [4.78, 5) is 14.4. The average Bonchev–Trinajstić information content (AvgIpc) is 3.07. The van der Waals surface area contributed by atoms with E-state index in [4.69, 9.17) is 5.26 Å². The minimum atomic E-state index is -0.00718. The molecule has 0 aromatic heterocycles. The van der Waals surface area contributed by atoms with Crippen LogP contribution in [0, 0.1) is 11.3 Å². The monoisotopic (exact) mass is 347 g/mol. The number of anilines is 1. The third kappa shape index (κ3) is 2.99. The van der Waals surface area contributed by atoms with E-state index in [9.17, 15) is 9.90 Å². The van der Waals surface area contributed by atoms with Gasteiger partial charge in [-0.2, -0.15) is 5.26 Å². The second-order valence-corrected chi connectivity index (χ2v) is 6.99. The van der Waals surface area contributed by atoms with Crippen molar-refractivity contribution in [1.29, 1.82) is 5.26 Å². The van der Waals surface area contributed by atoms with Crippen molar-refractivity contribution in [1.82, 2.24) is 4.90 Å². The summed E-state index contributed by atoms with van der Waals surface area (Å²) in [6, 6.07) is 15.5. The zero-order valence-corrected chi connectivity index (χ0v) is 14.5. The van der Waals surface area contributed by atoms with Gasteiger partial charge in [0, 0.05) is 18.7 Å². The number of carbonyl (C=O) groups is 1. The second kappa shape index (κ2) is 6.72. The van der Waals surface area contributed by atoms with Gasteiger partial charge in [0.25, 0.3) is 0 Å². The van der Waals surface area contributed by atoms with Gasteiger partial charge in [-0.1, -0.05) is 24.3 Å². The summed E-state index contributed by atoms with van der Waals surface area (Å²) in [5.41, 5.74) is 4.06. The first-order valence-electron chi connectivity index (χ1n) is 9.00. The van der Waals surface area contributed by atoms with Gasteiger partial charge in [-0.25, -0.2) is 0 Å². The van der Waals surface area contributed by atoms with Gasteiger partial charge in [-0.05, 0) is 47.7 Å². The molecule has 26 heavy (non-hydrogen) atoms. The van der Waals surface area contributed by atoms with Crippen molar-refractivity contribution < 1.29 is 9.90 Å². The number of hydrogen-bond acceptors (Lipinski definition) is 4. The van der Waals surface area contributed by atoms with Gasteiger partial charge < -0.3 is 15.3 Å². The Kier molecular flexibility index (Phi) is 4.26. The lowest BCUT2D eigenvalue weighted by Gasteiger charge is -2.38. The van der Waals surface area contributed by atoms with Crippen molar-refractivity contribution in [3.63, 3.8) is 0 Å². The van der Waals surface area contributed by atoms with E-state index in [2.05, 4.69) is 17.5 Å². The number of nitrogens with one attached hydrogen (secondary N) is 1. The topological polar surface area (TPSA) is 76.4 Å². The molecule has 132 valence electrons. The van der Waals surface area contributed by atoms with Crippen LogP contribution in [-0.2, 0) is 11.2 Å². The molecule has 2 unspecified atom stereocenters. The third-order valence-corrected chi connectivity index (χ3v) is 5.31. The number of phenols is 1. The van der Waals surface area contributed by atoms with Gasteiger partial charge in [0.2, 0.25) is 5.91 Å². The molecule has 0 saturated carbocycles. The fourth-order valence-corrected chi connectivity index (χ4v) is 4.07. The number of likely N-dealkylation sites (tertiary alicyclic amines) is 1. The molecule has 5 nitrogen and oxygen atoms in total. The van der Waals surface area contributed by atoms with Crippen LogP contribution < -0.4 is 5.32 Å². The Balaban J connectivity index is 1.74. The molecule has 2 aromatic carbocycles. The summed E-state index contributed by atoms with van der Waals surface area (Å²) >= 11 is 0. The van der Waals surface area contributed by atoms with Crippen molar-refractivity contribution in [2.24, 2.45) is 0 Å². The van der Waals surface area contributed by atoms with E-state index in [-0.39, 0.29) is 23.7 Å². The lowest BCUT2D eigenvalue weighted by atomic mass is 9.87. The molecular formula is C21H21N3O2. The first-order valence-corrected chi connectivity index (χ1v) is 9.00. The number of fused-ring (bicyclic) bond motifs is 1. The molecule has 2 aliphatic rings. The van der Waals surface area contributed by atoms with Gasteiger partial charge in [0.1, 0.15) is 5.75 Å². The van der Waals surface area contributed by atoms with E-state index in [0.717, 1.165) is 41.8 Å². The fraction of sp³-hybridized carbons (Fsp3) is 0.333. The number of carbonyl (C=O) groups excluding carboxylic acids is 1. The lowest BCUT2D eigenvalue weighted by molar-refractivity contribution is -0.130. The smallest absolute Gasteiger partial charge is 0.223 e. The SMILES string of the molecule is N#CCc1ccc2c(c1)C(N1CCCC1=O)CC(c1cccc(O)c1)N2. The highest BCUT2D eigenvalue weighted by atomic mass is 16.3. The van der Waals surface area contributed by atoms with E-state index in [1.54, 1.807) is 12.1 Å². The van der Waals surface area contributed by atoms with Gasteiger partial charge in [-0.15, -0.1) is 0 Å². The van der Waals surface area contributed by atoms with Crippen LogP contribution in [0.5, 0.6) is 5.75 Å². The Morgan fingerprint density at radius 2 is 2.15 bits per heavy atom. The van der Waals surface area contributed by atoms with Crippen LogP contribution >= 0.6 is 0 Å². The Hall–Kier alpha value is -3.00. The second-order valence-electron chi connectivity index (χ2n) is 6.99. The van der Waals surface area contributed by atoms with Crippen molar-refractivity contribution in [3.05, 3.63) is 59.2 Å². The number of nitriles is 1. The number of benzene rings is 2. The van der Waals surface area contributed by atoms with Crippen molar-refractivity contribution in [2.75, 3.05) is 11.9 Å². The minimum absolute atomic E-state index is 0.00718. The van der Waals surface area contributed by atoms with Gasteiger partial charge in [0.15, 0.2) is 0 Å². The summed E-state index contributed by atoms with van der Waals surface area (Å²) in [5.74, 6) is 0.441. The van der Waals surface area contributed by atoms with Crippen LogP contribution in [0.4, 0.5) is 5.69 Å². The van der Waals surface area contributed by atoms with Crippen LogP contribution in [0.2, 0.25) is 0 Å². The van der Waals surface area contributed by atoms with Crippen LogP contribution in [0.25, 0.3) is 0 Å².